The molecule has 0 bridgehead atoms. The van der Waals surface area contributed by atoms with Crippen molar-refractivity contribution < 1.29 is 18.7 Å². The molecular weight excluding hydrogens is 371 g/mol. The number of ether oxygens (including phenoxy) is 2. The number of carbonyl (C=O) groups excluding carboxylic acids is 1. The van der Waals surface area contributed by atoms with E-state index in [9.17, 15) is 9.18 Å². The Morgan fingerprint density at radius 1 is 1.22 bits per heavy atom. The van der Waals surface area contributed by atoms with E-state index < -0.39 is 5.82 Å². The maximum Gasteiger partial charge on any atom is 0.258 e. The van der Waals surface area contributed by atoms with Gasteiger partial charge in [0.15, 0.2) is 6.61 Å². The first-order valence-corrected chi connectivity index (χ1v) is 9.22. The van der Waals surface area contributed by atoms with E-state index in [0.29, 0.717) is 19.8 Å². The highest BCUT2D eigenvalue weighted by molar-refractivity contribution is 6.32. The summed E-state index contributed by atoms with van der Waals surface area (Å²) in [6, 6.07) is 13.5. The highest BCUT2D eigenvalue weighted by atomic mass is 35.5. The minimum absolute atomic E-state index is 0.135. The molecule has 1 aliphatic heterocycles. The molecule has 1 amide bonds. The van der Waals surface area contributed by atoms with Crippen LogP contribution in [0.2, 0.25) is 5.02 Å². The molecule has 1 N–H and O–H groups in total. The van der Waals surface area contributed by atoms with Crippen LogP contribution in [-0.2, 0) is 9.53 Å². The molecule has 7 heteroatoms. The van der Waals surface area contributed by atoms with Crippen LogP contribution >= 0.6 is 11.6 Å². The van der Waals surface area contributed by atoms with Crippen LogP contribution in [0, 0.1) is 5.82 Å². The molecule has 0 spiro atoms. The molecule has 2 aromatic rings. The number of nitrogens with zero attached hydrogens (tertiary/aromatic N) is 1. The Bertz CT molecular complexity index is 754. The van der Waals surface area contributed by atoms with Gasteiger partial charge < -0.3 is 14.8 Å². The summed E-state index contributed by atoms with van der Waals surface area (Å²) in [4.78, 5) is 14.7. The maximum atomic E-state index is 13.1. The number of morpholine rings is 1. The lowest BCUT2D eigenvalue weighted by atomic mass is 10.1. The van der Waals surface area contributed by atoms with Crippen molar-refractivity contribution in [1.29, 1.82) is 0 Å². The average Bonchev–Trinajstić information content (AvgIpc) is 2.68. The van der Waals surface area contributed by atoms with E-state index >= 15 is 0 Å². The number of benzene rings is 2. The summed E-state index contributed by atoms with van der Waals surface area (Å²) in [5.74, 6) is -0.443. The lowest BCUT2D eigenvalue weighted by Gasteiger charge is -2.31. The average molecular weight is 393 g/mol. The fraction of sp³-hybridized carbons (Fsp3) is 0.350. The maximum absolute atomic E-state index is 13.1. The van der Waals surface area contributed by atoms with Gasteiger partial charge in [0.05, 0.1) is 24.3 Å². The lowest BCUT2D eigenvalue weighted by molar-refractivity contribution is -0.124. The van der Waals surface area contributed by atoms with Crippen LogP contribution in [-0.4, -0.2) is 50.3 Å². The predicted molar refractivity (Wildman–Crippen MR) is 101 cm³/mol. The van der Waals surface area contributed by atoms with Gasteiger partial charge in [-0.2, -0.15) is 0 Å². The first kappa shape index (κ1) is 19.6. The third-order valence-corrected chi connectivity index (χ3v) is 4.63. The second kappa shape index (κ2) is 9.69. The number of amides is 1. The zero-order valence-electron chi connectivity index (χ0n) is 14.9. The molecule has 2 aromatic carbocycles. The van der Waals surface area contributed by atoms with Gasteiger partial charge in [-0.3, -0.25) is 9.69 Å². The van der Waals surface area contributed by atoms with Crippen molar-refractivity contribution in [3.8, 4) is 5.75 Å². The standard InChI is InChI=1S/C20H22ClFN2O3/c21-17-12-16(22)6-7-19(17)27-14-20(25)23-18(15-4-2-1-3-5-15)13-24-8-10-26-11-9-24/h1-7,12,18H,8-11,13-14H2,(H,23,25)/t18-/m0/s1. The summed E-state index contributed by atoms with van der Waals surface area (Å²) >= 11 is 5.93. The molecule has 1 atom stereocenters. The van der Waals surface area contributed by atoms with Gasteiger partial charge in [-0.25, -0.2) is 4.39 Å². The number of hydrogen-bond donors (Lipinski definition) is 1. The molecule has 1 fully saturated rings. The molecule has 1 heterocycles. The van der Waals surface area contributed by atoms with Gasteiger partial charge in [-0.05, 0) is 23.8 Å². The predicted octanol–water partition coefficient (Wildman–Crippen LogP) is 3.05. The smallest absolute Gasteiger partial charge is 0.258 e. The molecule has 1 saturated heterocycles. The van der Waals surface area contributed by atoms with E-state index in [1.54, 1.807) is 0 Å². The van der Waals surface area contributed by atoms with E-state index in [4.69, 9.17) is 21.1 Å². The zero-order chi connectivity index (χ0) is 19.1. The third kappa shape index (κ3) is 5.92. The van der Waals surface area contributed by atoms with Crippen molar-refractivity contribution in [1.82, 2.24) is 10.2 Å². The Balaban J connectivity index is 1.61. The normalized spacial score (nSPS) is 15.9. The van der Waals surface area contributed by atoms with Crippen molar-refractivity contribution in [3.05, 3.63) is 64.9 Å². The first-order valence-electron chi connectivity index (χ1n) is 8.84. The van der Waals surface area contributed by atoms with Crippen molar-refractivity contribution in [3.63, 3.8) is 0 Å². The Labute approximate surface area is 163 Å². The largest absolute Gasteiger partial charge is 0.482 e. The fourth-order valence-corrected chi connectivity index (χ4v) is 3.16. The van der Waals surface area contributed by atoms with E-state index in [-0.39, 0.29) is 29.3 Å². The van der Waals surface area contributed by atoms with Gasteiger partial charge in [0.2, 0.25) is 0 Å². The van der Waals surface area contributed by atoms with Crippen molar-refractivity contribution in [2.75, 3.05) is 39.5 Å². The molecule has 0 unspecified atom stereocenters. The Morgan fingerprint density at radius 2 is 1.96 bits per heavy atom. The van der Waals surface area contributed by atoms with Crippen LogP contribution in [0.25, 0.3) is 0 Å². The second-order valence-electron chi connectivity index (χ2n) is 6.31. The topological polar surface area (TPSA) is 50.8 Å². The minimum Gasteiger partial charge on any atom is -0.482 e. The van der Waals surface area contributed by atoms with Crippen LogP contribution in [0.15, 0.2) is 48.5 Å². The van der Waals surface area contributed by atoms with Gasteiger partial charge in [0, 0.05) is 19.6 Å². The minimum atomic E-state index is -0.452. The van der Waals surface area contributed by atoms with Crippen molar-refractivity contribution >= 4 is 17.5 Å². The molecular formula is C20H22ClFN2O3. The SMILES string of the molecule is O=C(COc1ccc(F)cc1Cl)N[C@@H](CN1CCOCC1)c1ccccc1. The summed E-state index contributed by atoms with van der Waals surface area (Å²) in [5.41, 5.74) is 1.03. The molecule has 0 saturated carbocycles. The van der Waals surface area contributed by atoms with Crippen LogP contribution in [0.5, 0.6) is 5.75 Å². The molecule has 144 valence electrons. The molecule has 1 aliphatic rings. The summed E-state index contributed by atoms with van der Waals surface area (Å²) in [6.45, 7) is 3.55. The highest BCUT2D eigenvalue weighted by Gasteiger charge is 2.20. The van der Waals surface area contributed by atoms with Crippen molar-refractivity contribution in [2.45, 2.75) is 6.04 Å². The summed E-state index contributed by atoms with van der Waals surface area (Å²) < 4.78 is 23.9. The number of halogens is 2. The molecule has 0 aliphatic carbocycles. The zero-order valence-corrected chi connectivity index (χ0v) is 15.6. The number of hydrogen-bond acceptors (Lipinski definition) is 4. The molecule has 0 aromatic heterocycles. The van der Waals surface area contributed by atoms with Gasteiger partial charge in [-0.1, -0.05) is 41.9 Å². The van der Waals surface area contributed by atoms with Gasteiger partial charge >= 0.3 is 0 Å². The van der Waals surface area contributed by atoms with Crippen LogP contribution in [0.3, 0.4) is 0 Å². The third-order valence-electron chi connectivity index (χ3n) is 4.33. The summed E-state index contributed by atoms with van der Waals surface area (Å²) in [5, 5.41) is 3.15. The molecule has 0 radical (unpaired) electrons. The first-order chi connectivity index (χ1) is 13.1. The van der Waals surface area contributed by atoms with Crippen LogP contribution < -0.4 is 10.1 Å². The summed E-state index contributed by atoms with van der Waals surface area (Å²) in [7, 11) is 0. The van der Waals surface area contributed by atoms with Gasteiger partial charge in [-0.15, -0.1) is 0 Å². The Morgan fingerprint density at radius 3 is 2.67 bits per heavy atom. The van der Waals surface area contributed by atoms with Gasteiger partial charge in [0.25, 0.3) is 5.91 Å². The number of carbonyl (C=O) groups is 1. The number of nitrogens with one attached hydrogen (secondary N) is 1. The second-order valence-corrected chi connectivity index (χ2v) is 6.71. The monoisotopic (exact) mass is 392 g/mol. The van der Waals surface area contributed by atoms with E-state index in [1.165, 1.54) is 12.1 Å². The molecule has 27 heavy (non-hydrogen) atoms. The van der Waals surface area contributed by atoms with E-state index in [0.717, 1.165) is 24.7 Å². The quantitative estimate of drug-likeness (QED) is 0.786. The Kier molecular flexibility index (Phi) is 7.04. The van der Waals surface area contributed by atoms with E-state index in [2.05, 4.69) is 10.2 Å². The molecule has 3 rings (SSSR count). The van der Waals surface area contributed by atoms with Crippen molar-refractivity contribution in [2.24, 2.45) is 0 Å². The van der Waals surface area contributed by atoms with Crippen LogP contribution in [0.4, 0.5) is 4.39 Å². The van der Waals surface area contributed by atoms with Crippen LogP contribution in [0.1, 0.15) is 11.6 Å². The summed E-state index contributed by atoms with van der Waals surface area (Å²) in [6.07, 6.45) is 0. The lowest BCUT2D eigenvalue weighted by Crippen LogP contribution is -2.44. The highest BCUT2D eigenvalue weighted by Crippen LogP contribution is 2.24. The Hall–Kier alpha value is -2.15. The molecule has 5 nitrogen and oxygen atoms in total. The number of rotatable bonds is 7. The van der Waals surface area contributed by atoms with Gasteiger partial charge in [0.1, 0.15) is 11.6 Å². The fourth-order valence-electron chi connectivity index (χ4n) is 2.93. The van der Waals surface area contributed by atoms with E-state index in [1.807, 2.05) is 30.3 Å².